The highest BCUT2D eigenvalue weighted by atomic mass is 16.1. The maximum Gasteiger partial charge on any atom is 0.251 e. The highest BCUT2D eigenvalue weighted by Crippen LogP contribution is 2.28. The summed E-state index contributed by atoms with van der Waals surface area (Å²) in [4.78, 5) is 21.5. The summed E-state index contributed by atoms with van der Waals surface area (Å²) in [6.07, 6.45) is 5.13. The second kappa shape index (κ2) is 8.29. The Morgan fingerprint density at radius 3 is 2.37 bits per heavy atom. The van der Waals surface area contributed by atoms with Crippen molar-refractivity contribution in [3.8, 4) is 22.4 Å². The van der Waals surface area contributed by atoms with Crippen LogP contribution in [0.15, 0.2) is 67.1 Å². The molecule has 0 fully saturated rings. The van der Waals surface area contributed by atoms with E-state index in [1.165, 1.54) is 5.56 Å². The number of hydrogen-bond donors (Lipinski definition) is 1. The summed E-state index contributed by atoms with van der Waals surface area (Å²) >= 11 is 0. The average Bonchev–Trinajstić information content (AvgIpc) is 3.19. The lowest BCUT2D eigenvalue weighted by molar-refractivity contribution is 0.0950. The van der Waals surface area contributed by atoms with E-state index in [2.05, 4.69) is 57.6 Å². The molecule has 0 aliphatic carbocycles. The van der Waals surface area contributed by atoms with Crippen molar-refractivity contribution >= 4 is 5.91 Å². The van der Waals surface area contributed by atoms with Gasteiger partial charge >= 0.3 is 0 Å². The standard InChI is InChI=1S/C24H23N5O/c1-16-4-6-18(7-5-16)19-10-20(23-8-9-28-29(23)3)12-21(11-19)24(30)27-15-22-14-25-17(2)13-26-22/h4-14H,15H2,1-3H3,(H,27,30). The molecule has 0 aliphatic heterocycles. The second-order valence-corrected chi connectivity index (χ2v) is 7.34. The van der Waals surface area contributed by atoms with Crippen LogP contribution in [0.5, 0.6) is 0 Å². The molecule has 0 unspecified atom stereocenters. The molecule has 4 aromatic rings. The molecule has 6 nitrogen and oxygen atoms in total. The second-order valence-electron chi connectivity index (χ2n) is 7.34. The van der Waals surface area contributed by atoms with Gasteiger partial charge in [-0.25, -0.2) is 0 Å². The quantitative estimate of drug-likeness (QED) is 0.550. The molecule has 2 aromatic heterocycles. The molecule has 1 amide bonds. The first-order valence-corrected chi connectivity index (χ1v) is 9.76. The predicted octanol–water partition coefficient (Wildman–Crippen LogP) is 4.09. The van der Waals surface area contributed by atoms with E-state index < -0.39 is 0 Å². The first kappa shape index (κ1) is 19.5. The molecule has 150 valence electrons. The SMILES string of the molecule is Cc1ccc(-c2cc(C(=O)NCc3cnc(C)cn3)cc(-c3ccnn3C)c2)cc1. The molecule has 6 heteroatoms. The Kier molecular flexibility index (Phi) is 5.39. The van der Waals surface area contributed by atoms with E-state index >= 15 is 0 Å². The average molecular weight is 397 g/mol. The third kappa shape index (κ3) is 4.27. The van der Waals surface area contributed by atoms with E-state index in [1.807, 2.05) is 32.2 Å². The lowest BCUT2D eigenvalue weighted by Crippen LogP contribution is -2.23. The molecular weight excluding hydrogens is 374 g/mol. The Hall–Kier alpha value is -3.80. The van der Waals surface area contributed by atoms with Gasteiger partial charge in [0.25, 0.3) is 5.91 Å². The van der Waals surface area contributed by atoms with Gasteiger partial charge < -0.3 is 5.32 Å². The summed E-state index contributed by atoms with van der Waals surface area (Å²) < 4.78 is 1.80. The topological polar surface area (TPSA) is 72.7 Å². The molecule has 0 saturated heterocycles. The van der Waals surface area contributed by atoms with Gasteiger partial charge in [-0.3, -0.25) is 19.4 Å². The van der Waals surface area contributed by atoms with Gasteiger partial charge in [-0.2, -0.15) is 5.10 Å². The molecule has 2 heterocycles. The number of carbonyl (C=O) groups is 1. The summed E-state index contributed by atoms with van der Waals surface area (Å²) in [5.41, 5.74) is 7.27. The van der Waals surface area contributed by atoms with E-state index in [0.717, 1.165) is 33.8 Å². The van der Waals surface area contributed by atoms with Crippen LogP contribution in [0.2, 0.25) is 0 Å². The van der Waals surface area contributed by atoms with E-state index in [9.17, 15) is 4.79 Å². The number of benzene rings is 2. The van der Waals surface area contributed by atoms with Crippen LogP contribution in [0, 0.1) is 13.8 Å². The van der Waals surface area contributed by atoms with Gasteiger partial charge in [0, 0.05) is 30.6 Å². The zero-order valence-corrected chi connectivity index (χ0v) is 17.3. The maximum atomic E-state index is 12.9. The molecule has 0 atom stereocenters. The van der Waals surface area contributed by atoms with E-state index in [-0.39, 0.29) is 5.91 Å². The summed E-state index contributed by atoms with van der Waals surface area (Å²) in [5.74, 6) is -0.158. The smallest absolute Gasteiger partial charge is 0.251 e. The van der Waals surface area contributed by atoms with Gasteiger partial charge in [0.05, 0.1) is 29.8 Å². The van der Waals surface area contributed by atoms with Crippen molar-refractivity contribution in [1.29, 1.82) is 0 Å². The summed E-state index contributed by atoms with van der Waals surface area (Å²) in [6.45, 7) is 4.26. The van der Waals surface area contributed by atoms with Gasteiger partial charge in [0.2, 0.25) is 0 Å². The van der Waals surface area contributed by atoms with Crippen LogP contribution in [-0.2, 0) is 13.6 Å². The van der Waals surface area contributed by atoms with Gasteiger partial charge in [-0.15, -0.1) is 0 Å². The highest BCUT2D eigenvalue weighted by molar-refractivity contribution is 5.97. The zero-order valence-electron chi connectivity index (χ0n) is 17.3. The number of aryl methyl sites for hydroxylation is 3. The van der Waals surface area contributed by atoms with Crippen LogP contribution in [0.3, 0.4) is 0 Å². The van der Waals surface area contributed by atoms with Crippen LogP contribution in [0.25, 0.3) is 22.4 Å². The minimum atomic E-state index is -0.158. The first-order valence-electron chi connectivity index (χ1n) is 9.76. The van der Waals surface area contributed by atoms with Crippen molar-refractivity contribution in [1.82, 2.24) is 25.1 Å². The molecule has 4 rings (SSSR count). The lowest BCUT2D eigenvalue weighted by Gasteiger charge is -2.11. The van der Waals surface area contributed by atoms with Crippen molar-refractivity contribution in [2.75, 3.05) is 0 Å². The minimum absolute atomic E-state index is 0.158. The Morgan fingerprint density at radius 2 is 1.70 bits per heavy atom. The maximum absolute atomic E-state index is 12.9. The van der Waals surface area contributed by atoms with Crippen LogP contribution in [0.1, 0.15) is 27.3 Å². The van der Waals surface area contributed by atoms with Gasteiger partial charge in [0.1, 0.15) is 0 Å². The number of carbonyl (C=O) groups excluding carboxylic acids is 1. The number of amides is 1. The fourth-order valence-electron chi connectivity index (χ4n) is 3.26. The van der Waals surface area contributed by atoms with Gasteiger partial charge in [0.15, 0.2) is 0 Å². The van der Waals surface area contributed by atoms with E-state index in [1.54, 1.807) is 23.3 Å². The molecule has 1 N–H and O–H groups in total. The summed E-state index contributed by atoms with van der Waals surface area (Å²) in [5, 5.41) is 7.21. The molecule has 30 heavy (non-hydrogen) atoms. The van der Waals surface area contributed by atoms with Crippen molar-refractivity contribution in [2.24, 2.45) is 7.05 Å². The molecular formula is C24H23N5O. The Bertz CT molecular complexity index is 1180. The monoisotopic (exact) mass is 397 g/mol. The van der Waals surface area contributed by atoms with Crippen molar-refractivity contribution < 1.29 is 4.79 Å². The molecule has 2 aromatic carbocycles. The Labute approximate surface area is 175 Å². The number of aromatic nitrogens is 4. The van der Waals surface area contributed by atoms with Crippen LogP contribution < -0.4 is 5.32 Å². The highest BCUT2D eigenvalue weighted by Gasteiger charge is 2.13. The molecule has 0 radical (unpaired) electrons. The fraction of sp³-hybridized carbons (Fsp3) is 0.167. The van der Waals surface area contributed by atoms with Crippen molar-refractivity contribution in [2.45, 2.75) is 20.4 Å². The predicted molar refractivity (Wildman–Crippen MR) is 117 cm³/mol. The first-order chi connectivity index (χ1) is 14.5. The third-order valence-electron chi connectivity index (χ3n) is 4.96. The Balaban J connectivity index is 1.68. The number of nitrogens with one attached hydrogen (secondary N) is 1. The molecule has 0 aliphatic rings. The van der Waals surface area contributed by atoms with Crippen LogP contribution in [-0.4, -0.2) is 25.7 Å². The minimum Gasteiger partial charge on any atom is -0.346 e. The van der Waals surface area contributed by atoms with E-state index in [0.29, 0.717) is 12.1 Å². The van der Waals surface area contributed by atoms with E-state index in [4.69, 9.17) is 0 Å². The number of hydrogen-bond acceptors (Lipinski definition) is 4. The molecule has 0 bridgehead atoms. The fourth-order valence-corrected chi connectivity index (χ4v) is 3.26. The van der Waals surface area contributed by atoms with Gasteiger partial charge in [-0.05, 0) is 49.2 Å². The summed E-state index contributed by atoms with van der Waals surface area (Å²) in [6, 6.07) is 16.1. The zero-order chi connectivity index (χ0) is 21.1. The molecule has 0 spiro atoms. The summed E-state index contributed by atoms with van der Waals surface area (Å²) in [7, 11) is 1.89. The lowest BCUT2D eigenvalue weighted by atomic mass is 9.97. The van der Waals surface area contributed by atoms with Gasteiger partial charge in [-0.1, -0.05) is 29.8 Å². The number of nitrogens with zero attached hydrogens (tertiary/aromatic N) is 4. The third-order valence-corrected chi connectivity index (χ3v) is 4.96. The van der Waals surface area contributed by atoms with Crippen LogP contribution >= 0.6 is 0 Å². The normalized spacial score (nSPS) is 10.8. The Morgan fingerprint density at radius 1 is 0.933 bits per heavy atom. The largest absolute Gasteiger partial charge is 0.346 e. The number of rotatable bonds is 5. The molecule has 0 saturated carbocycles. The van der Waals surface area contributed by atoms with Crippen molar-refractivity contribution in [3.63, 3.8) is 0 Å². The van der Waals surface area contributed by atoms with Crippen LogP contribution in [0.4, 0.5) is 0 Å². The van der Waals surface area contributed by atoms with Crippen molar-refractivity contribution in [3.05, 3.63) is 89.6 Å².